The Morgan fingerprint density at radius 1 is 1.25 bits per heavy atom. The van der Waals surface area contributed by atoms with Crippen LogP contribution in [-0.2, 0) is 9.31 Å². The van der Waals surface area contributed by atoms with Crippen LogP contribution in [0.25, 0.3) is 0 Å². The lowest BCUT2D eigenvalue weighted by Gasteiger charge is -2.64. The van der Waals surface area contributed by atoms with Crippen LogP contribution in [0.2, 0.25) is 0 Å². The molecule has 1 aliphatic heterocycles. The first-order valence-electron chi connectivity index (χ1n) is 8.50. The molecule has 1 heterocycles. The molecule has 4 aliphatic carbocycles. The van der Waals surface area contributed by atoms with Crippen LogP contribution in [-0.4, -0.2) is 24.8 Å². The van der Waals surface area contributed by atoms with Crippen molar-refractivity contribution in [1.82, 2.24) is 0 Å². The fraction of sp³-hybridized carbons (Fsp3) is 1.00. The summed E-state index contributed by atoms with van der Waals surface area (Å²) in [4.78, 5) is 0. The molecule has 4 heteroatoms. The van der Waals surface area contributed by atoms with Crippen molar-refractivity contribution in [1.29, 1.82) is 0 Å². The highest BCUT2D eigenvalue weighted by Gasteiger charge is 2.68. The fourth-order valence-corrected chi connectivity index (χ4v) is 5.31. The first-order chi connectivity index (χ1) is 9.41. The Hall–Kier alpha value is -0.0551. The van der Waals surface area contributed by atoms with Gasteiger partial charge in [0.05, 0.1) is 11.7 Å². The SMILES string of the molecule is CC1(C)[C@@H]2C[C@H]1[C@]1(C)OB([C@@H](N)CC3CCC3)O[C@@H]1C2. The van der Waals surface area contributed by atoms with Gasteiger partial charge in [-0.1, -0.05) is 33.1 Å². The van der Waals surface area contributed by atoms with Crippen LogP contribution >= 0.6 is 0 Å². The summed E-state index contributed by atoms with van der Waals surface area (Å²) in [5.74, 6) is 2.33. The van der Waals surface area contributed by atoms with Gasteiger partial charge in [0.25, 0.3) is 0 Å². The van der Waals surface area contributed by atoms with E-state index in [4.69, 9.17) is 15.0 Å². The Bertz CT molecular complexity index is 411. The monoisotopic (exact) mass is 277 g/mol. The van der Waals surface area contributed by atoms with E-state index in [-0.39, 0.29) is 24.8 Å². The third-order valence-corrected chi connectivity index (χ3v) is 7.15. The molecule has 3 nitrogen and oxygen atoms in total. The number of hydrogen-bond donors (Lipinski definition) is 1. The average molecular weight is 277 g/mol. The molecule has 5 atom stereocenters. The Balaban J connectivity index is 1.46. The summed E-state index contributed by atoms with van der Waals surface area (Å²) in [5.41, 5.74) is 6.70. The van der Waals surface area contributed by atoms with Gasteiger partial charge >= 0.3 is 7.12 Å². The Labute approximate surface area is 123 Å². The predicted molar refractivity (Wildman–Crippen MR) is 80.0 cm³/mol. The van der Waals surface area contributed by atoms with Crippen molar-refractivity contribution in [2.24, 2.45) is 28.9 Å². The average Bonchev–Trinajstić information content (AvgIpc) is 2.70. The summed E-state index contributed by atoms with van der Waals surface area (Å²) in [6.45, 7) is 7.08. The van der Waals surface area contributed by atoms with Gasteiger partial charge in [0.15, 0.2) is 0 Å². The molecule has 0 unspecified atom stereocenters. The van der Waals surface area contributed by atoms with Gasteiger partial charge in [0, 0.05) is 5.94 Å². The second-order valence-corrected chi connectivity index (χ2v) is 8.53. The highest BCUT2D eigenvalue weighted by Crippen LogP contribution is 2.65. The Morgan fingerprint density at radius 2 is 2.00 bits per heavy atom. The van der Waals surface area contributed by atoms with Crippen LogP contribution in [0.1, 0.15) is 59.3 Å². The first kappa shape index (κ1) is 13.6. The van der Waals surface area contributed by atoms with E-state index in [1.807, 2.05) is 0 Å². The van der Waals surface area contributed by atoms with Crippen molar-refractivity contribution >= 4 is 7.12 Å². The van der Waals surface area contributed by atoms with Crippen LogP contribution in [0.3, 0.4) is 0 Å². The minimum atomic E-state index is -0.166. The molecule has 0 aromatic carbocycles. The van der Waals surface area contributed by atoms with Crippen LogP contribution in [0, 0.1) is 23.2 Å². The smallest absolute Gasteiger partial charge is 0.404 e. The van der Waals surface area contributed by atoms with E-state index in [2.05, 4.69) is 20.8 Å². The van der Waals surface area contributed by atoms with Crippen molar-refractivity contribution < 1.29 is 9.31 Å². The molecule has 4 saturated carbocycles. The van der Waals surface area contributed by atoms with E-state index < -0.39 is 0 Å². The summed E-state index contributed by atoms with van der Waals surface area (Å²) in [6.07, 6.45) is 7.89. The highest BCUT2D eigenvalue weighted by atomic mass is 16.7. The largest absolute Gasteiger partial charge is 0.475 e. The van der Waals surface area contributed by atoms with Crippen molar-refractivity contribution in [3.8, 4) is 0 Å². The maximum atomic E-state index is 6.42. The number of rotatable bonds is 3. The second kappa shape index (κ2) is 4.24. The normalized spacial score (nSPS) is 47.4. The predicted octanol–water partition coefficient (Wildman–Crippen LogP) is 2.77. The van der Waals surface area contributed by atoms with E-state index in [1.54, 1.807) is 0 Å². The molecule has 0 radical (unpaired) electrons. The highest BCUT2D eigenvalue weighted by molar-refractivity contribution is 6.47. The van der Waals surface area contributed by atoms with E-state index in [0.29, 0.717) is 11.3 Å². The second-order valence-electron chi connectivity index (χ2n) is 8.53. The van der Waals surface area contributed by atoms with Gasteiger partial charge < -0.3 is 15.0 Å². The third-order valence-electron chi connectivity index (χ3n) is 7.15. The molecular weight excluding hydrogens is 249 g/mol. The fourth-order valence-electron chi connectivity index (χ4n) is 5.31. The van der Waals surface area contributed by atoms with Crippen LogP contribution in [0.15, 0.2) is 0 Å². The topological polar surface area (TPSA) is 44.5 Å². The van der Waals surface area contributed by atoms with Crippen molar-refractivity contribution in [2.45, 2.75) is 76.9 Å². The summed E-state index contributed by atoms with van der Waals surface area (Å²) >= 11 is 0. The molecule has 0 amide bonds. The minimum Gasteiger partial charge on any atom is -0.404 e. The van der Waals surface area contributed by atoms with Crippen molar-refractivity contribution in [2.75, 3.05) is 0 Å². The van der Waals surface area contributed by atoms with Crippen molar-refractivity contribution in [3.63, 3.8) is 0 Å². The number of nitrogens with two attached hydrogens (primary N) is 1. The molecule has 0 aromatic heterocycles. The van der Waals surface area contributed by atoms with Crippen LogP contribution in [0.4, 0.5) is 0 Å². The standard InChI is InChI=1S/C16H28BNO2/c1-15(2)11-8-12(15)16(3)13(9-11)19-17(20-16)14(18)7-10-5-4-6-10/h10-14H,4-9,18H2,1-3H3/t11-,12-,13-,14+,16+/m1/s1. The van der Waals surface area contributed by atoms with Gasteiger partial charge in [-0.15, -0.1) is 0 Å². The Morgan fingerprint density at radius 3 is 2.60 bits per heavy atom. The first-order valence-corrected chi connectivity index (χ1v) is 8.50. The van der Waals surface area contributed by atoms with Gasteiger partial charge in [0.1, 0.15) is 0 Å². The molecule has 0 aromatic rings. The molecule has 2 bridgehead atoms. The molecule has 5 aliphatic rings. The van der Waals surface area contributed by atoms with Crippen LogP contribution < -0.4 is 5.73 Å². The van der Waals surface area contributed by atoms with Gasteiger partial charge in [-0.3, -0.25) is 0 Å². The van der Waals surface area contributed by atoms with E-state index in [0.717, 1.165) is 24.7 Å². The van der Waals surface area contributed by atoms with E-state index >= 15 is 0 Å². The zero-order valence-corrected chi connectivity index (χ0v) is 13.1. The molecule has 5 rings (SSSR count). The van der Waals surface area contributed by atoms with E-state index in [1.165, 1.54) is 25.7 Å². The van der Waals surface area contributed by atoms with Gasteiger partial charge in [-0.2, -0.15) is 0 Å². The zero-order valence-electron chi connectivity index (χ0n) is 13.1. The summed E-state index contributed by atoms with van der Waals surface area (Å²) in [7, 11) is -0.166. The summed E-state index contributed by atoms with van der Waals surface area (Å²) in [5, 5.41) is 0. The maximum Gasteiger partial charge on any atom is 0.475 e. The molecule has 0 spiro atoms. The van der Waals surface area contributed by atoms with E-state index in [9.17, 15) is 0 Å². The molecule has 5 fully saturated rings. The minimum absolute atomic E-state index is 0.0584. The lowest BCUT2D eigenvalue weighted by molar-refractivity contribution is -0.199. The van der Waals surface area contributed by atoms with Crippen molar-refractivity contribution in [3.05, 3.63) is 0 Å². The van der Waals surface area contributed by atoms with Gasteiger partial charge in [0.2, 0.25) is 0 Å². The van der Waals surface area contributed by atoms with Gasteiger partial charge in [-0.25, -0.2) is 0 Å². The molecule has 2 N–H and O–H groups in total. The lowest BCUT2D eigenvalue weighted by Crippen LogP contribution is -2.65. The zero-order chi connectivity index (χ0) is 14.1. The Kier molecular flexibility index (Phi) is 2.88. The summed E-state index contributed by atoms with van der Waals surface area (Å²) in [6, 6.07) is 0. The molecule has 20 heavy (non-hydrogen) atoms. The molecular formula is C16H28BNO2. The third kappa shape index (κ3) is 1.71. The van der Waals surface area contributed by atoms with Crippen LogP contribution in [0.5, 0.6) is 0 Å². The lowest BCUT2D eigenvalue weighted by atomic mass is 9.43. The molecule has 112 valence electrons. The van der Waals surface area contributed by atoms with Gasteiger partial charge in [-0.05, 0) is 49.4 Å². The number of hydrogen-bond acceptors (Lipinski definition) is 3. The summed E-state index contributed by atoms with van der Waals surface area (Å²) < 4.78 is 12.7. The molecule has 1 saturated heterocycles. The quantitative estimate of drug-likeness (QED) is 0.807. The maximum absolute atomic E-state index is 6.42.